The Morgan fingerprint density at radius 2 is 0.867 bits per heavy atom. The van der Waals surface area contributed by atoms with Gasteiger partial charge in [0.2, 0.25) is 0 Å². The Morgan fingerprint density at radius 1 is 0.511 bits per heavy atom. The number of hydrogen-bond donors (Lipinski definition) is 6. The Labute approximate surface area is 270 Å². The molecule has 268 valence electrons. The molecule has 0 bridgehead atoms. The number of esters is 1. The van der Waals surface area contributed by atoms with Crippen molar-refractivity contribution in [3.63, 3.8) is 0 Å². The molecule has 0 aromatic rings. The second kappa shape index (κ2) is 32.7. The van der Waals surface area contributed by atoms with E-state index in [-0.39, 0.29) is 65.4 Å². The van der Waals surface area contributed by atoms with Gasteiger partial charge in [0.1, 0.15) is 37.1 Å². The predicted octanol–water partition coefficient (Wildman–Crippen LogP) is 2.43. The number of ether oxygens (including phenoxy) is 5. The van der Waals surface area contributed by atoms with Crippen LogP contribution in [0.15, 0.2) is 12.2 Å². The van der Waals surface area contributed by atoms with Gasteiger partial charge in [-0.05, 0) is 32.1 Å². The minimum Gasteiger partial charge on any atom is -0.463 e. The lowest BCUT2D eigenvalue weighted by atomic mass is 10.1. The molecule has 0 fully saturated rings. The Kier molecular flexibility index (Phi) is 31.9. The molecule has 5 atom stereocenters. The zero-order chi connectivity index (χ0) is 33.4. The van der Waals surface area contributed by atoms with Gasteiger partial charge in [0, 0.05) is 6.42 Å². The molecule has 12 heteroatoms. The molecule has 0 aromatic heterocycles. The zero-order valence-corrected chi connectivity index (χ0v) is 27.6. The van der Waals surface area contributed by atoms with Gasteiger partial charge < -0.3 is 54.3 Å². The summed E-state index contributed by atoms with van der Waals surface area (Å²) in [5, 5.41) is 57.3. The van der Waals surface area contributed by atoms with Crippen LogP contribution in [0.2, 0.25) is 0 Å². The minimum absolute atomic E-state index is 0.0923. The van der Waals surface area contributed by atoms with Crippen LogP contribution >= 0.6 is 0 Å². The van der Waals surface area contributed by atoms with E-state index in [2.05, 4.69) is 19.1 Å². The van der Waals surface area contributed by atoms with Crippen LogP contribution in [-0.2, 0) is 28.5 Å². The predicted molar refractivity (Wildman–Crippen MR) is 171 cm³/mol. The molecule has 0 spiro atoms. The van der Waals surface area contributed by atoms with Gasteiger partial charge >= 0.3 is 5.97 Å². The maximum atomic E-state index is 11.9. The second-order valence-electron chi connectivity index (χ2n) is 11.6. The van der Waals surface area contributed by atoms with E-state index in [0.29, 0.717) is 6.42 Å². The van der Waals surface area contributed by atoms with Crippen LogP contribution in [0.25, 0.3) is 0 Å². The number of aliphatic hydroxyl groups is 6. The molecule has 12 nitrogen and oxygen atoms in total. The van der Waals surface area contributed by atoms with E-state index in [1.165, 1.54) is 51.4 Å². The summed E-state index contributed by atoms with van der Waals surface area (Å²) in [7, 11) is 0. The third kappa shape index (κ3) is 32.5. The summed E-state index contributed by atoms with van der Waals surface area (Å²) in [4.78, 5) is 11.9. The van der Waals surface area contributed by atoms with Crippen molar-refractivity contribution in [2.24, 2.45) is 0 Å². The molecule has 0 radical (unpaired) electrons. The maximum absolute atomic E-state index is 11.9. The lowest BCUT2D eigenvalue weighted by molar-refractivity contribution is -0.148. The van der Waals surface area contributed by atoms with Crippen molar-refractivity contribution in [2.45, 2.75) is 127 Å². The normalized spacial score (nSPS) is 15.3. The number of hydrogen-bond acceptors (Lipinski definition) is 12. The van der Waals surface area contributed by atoms with E-state index < -0.39 is 37.1 Å². The third-order valence-corrected chi connectivity index (χ3v) is 6.77. The van der Waals surface area contributed by atoms with E-state index in [4.69, 9.17) is 33.9 Å². The molecule has 0 heterocycles. The molecular weight excluding hydrogens is 588 g/mol. The molecule has 0 aliphatic carbocycles. The summed E-state index contributed by atoms with van der Waals surface area (Å²) in [6, 6.07) is 0. The number of unbranched alkanes of at least 4 members (excludes halogenated alkanes) is 11. The third-order valence-electron chi connectivity index (χ3n) is 6.77. The first-order valence-corrected chi connectivity index (χ1v) is 16.9. The van der Waals surface area contributed by atoms with Gasteiger partial charge in [-0.25, -0.2) is 0 Å². The molecule has 0 saturated heterocycles. The van der Waals surface area contributed by atoms with Crippen LogP contribution in [0, 0.1) is 0 Å². The van der Waals surface area contributed by atoms with Gasteiger partial charge in [0.25, 0.3) is 0 Å². The van der Waals surface area contributed by atoms with Crippen LogP contribution in [0.1, 0.15) is 96.8 Å². The van der Waals surface area contributed by atoms with Gasteiger partial charge in [-0.3, -0.25) is 4.79 Å². The summed E-state index contributed by atoms with van der Waals surface area (Å²) in [6.45, 7) is 0.790. The summed E-state index contributed by atoms with van der Waals surface area (Å²) in [5.41, 5.74) is 0. The smallest absolute Gasteiger partial charge is 0.305 e. The van der Waals surface area contributed by atoms with Crippen molar-refractivity contribution in [2.75, 3.05) is 66.1 Å². The van der Waals surface area contributed by atoms with Crippen molar-refractivity contribution in [3.05, 3.63) is 12.2 Å². The Hall–Kier alpha value is -1.19. The molecule has 0 saturated carbocycles. The second-order valence-corrected chi connectivity index (χ2v) is 11.6. The SMILES string of the molecule is CCCCCCCC/C=C\CCCCCCCC(=O)OCC(O)COCC(O)COCC(O)COCC(O)COCC(O)CO. The maximum Gasteiger partial charge on any atom is 0.305 e. The summed E-state index contributed by atoms with van der Waals surface area (Å²) in [6.07, 6.45) is 15.4. The van der Waals surface area contributed by atoms with Crippen molar-refractivity contribution >= 4 is 5.97 Å². The molecule has 45 heavy (non-hydrogen) atoms. The van der Waals surface area contributed by atoms with Crippen molar-refractivity contribution in [1.82, 2.24) is 0 Å². The van der Waals surface area contributed by atoms with Gasteiger partial charge in [-0.15, -0.1) is 0 Å². The van der Waals surface area contributed by atoms with E-state index in [1.54, 1.807) is 0 Å². The Morgan fingerprint density at radius 3 is 1.29 bits per heavy atom. The Bertz CT molecular complexity index is 666. The van der Waals surface area contributed by atoms with Crippen LogP contribution in [0.3, 0.4) is 0 Å². The largest absolute Gasteiger partial charge is 0.463 e. The average Bonchev–Trinajstić information content (AvgIpc) is 3.01. The van der Waals surface area contributed by atoms with Crippen LogP contribution in [-0.4, -0.2) is 133 Å². The van der Waals surface area contributed by atoms with Crippen LogP contribution in [0.4, 0.5) is 0 Å². The van der Waals surface area contributed by atoms with E-state index in [0.717, 1.165) is 32.1 Å². The zero-order valence-electron chi connectivity index (χ0n) is 27.6. The number of rotatable bonds is 34. The van der Waals surface area contributed by atoms with Crippen LogP contribution < -0.4 is 0 Å². The summed E-state index contributed by atoms with van der Waals surface area (Å²) >= 11 is 0. The van der Waals surface area contributed by atoms with Gasteiger partial charge in [0.05, 0.1) is 59.5 Å². The summed E-state index contributed by atoms with van der Waals surface area (Å²) < 4.78 is 25.8. The molecule has 0 aliphatic rings. The quantitative estimate of drug-likeness (QED) is 0.0340. The highest BCUT2D eigenvalue weighted by Gasteiger charge is 2.13. The monoisotopic (exact) mass is 652 g/mol. The number of carbonyl (C=O) groups excluding carboxylic acids is 1. The number of aliphatic hydroxyl groups excluding tert-OH is 6. The molecule has 0 aliphatic heterocycles. The molecule has 0 aromatic carbocycles. The molecule has 0 rings (SSSR count). The fraction of sp³-hybridized carbons (Fsp3) is 0.909. The van der Waals surface area contributed by atoms with Gasteiger partial charge in [0.15, 0.2) is 0 Å². The van der Waals surface area contributed by atoms with Gasteiger partial charge in [-0.1, -0.05) is 70.4 Å². The minimum atomic E-state index is -1.01. The topological polar surface area (TPSA) is 185 Å². The van der Waals surface area contributed by atoms with Crippen molar-refractivity contribution < 1.29 is 59.1 Å². The number of carbonyl (C=O) groups is 1. The molecule has 6 N–H and O–H groups in total. The highest BCUT2D eigenvalue weighted by molar-refractivity contribution is 5.69. The van der Waals surface area contributed by atoms with Gasteiger partial charge in [-0.2, -0.15) is 0 Å². The number of allylic oxidation sites excluding steroid dienone is 2. The molecular formula is C33H64O12. The Balaban J connectivity index is 3.58. The molecule has 5 unspecified atom stereocenters. The first-order valence-electron chi connectivity index (χ1n) is 16.9. The average molecular weight is 653 g/mol. The highest BCUT2D eigenvalue weighted by Crippen LogP contribution is 2.10. The fourth-order valence-corrected chi connectivity index (χ4v) is 4.21. The highest BCUT2D eigenvalue weighted by atomic mass is 16.6. The van der Waals surface area contributed by atoms with E-state index in [1.807, 2.05) is 0 Å². The molecule has 0 amide bonds. The van der Waals surface area contributed by atoms with E-state index >= 15 is 0 Å². The van der Waals surface area contributed by atoms with E-state index in [9.17, 15) is 25.2 Å². The summed E-state index contributed by atoms with van der Waals surface area (Å²) in [5.74, 6) is -0.344. The van der Waals surface area contributed by atoms with Crippen molar-refractivity contribution in [3.8, 4) is 0 Å². The lowest BCUT2D eigenvalue weighted by Crippen LogP contribution is -2.31. The first kappa shape index (κ1) is 43.8. The standard InChI is InChI=1S/C33H64O12/c1-2-3-4-5-6-7-8-9-10-11-12-13-14-15-16-17-33(40)45-27-32(39)26-44-25-31(38)24-43-23-30(37)22-42-21-29(36)20-41-19-28(35)18-34/h9-10,28-32,34-39H,2-8,11-27H2,1H3/b10-9-. The van der Waals surface area contributed by atoms with Crippen LogP contribution in [0.5, 0.6) is 0 Å². The fourth-order valence-electron chi connectivity index (χ4n) is 4.21. The van der Waals surface area contributed by atoms with Crippen molar-refractivity contribution in [1.29, 1.82) is 0 Å². The lowest BCUT2D eigenvalue weighted by Gasteiger charge is -2.17. The first-order chi connectivity index (χ1) is 21.8.